The molecule has 5 nitrogen and oxygen atoms in total. The number of carboxylic acids is 1. The minimum atomic E-state index is -0.767. The predicted molar refractivity (Wildman–Crippen MR) is 97.2 cm³/mol. The summed E-state index contributed by atoms with van der Waals surface area (Å²) >= 11 is 0. The van der Waals surface area contributed by atoms with Gasteiger partial charge in [0.25, 0.3) is 0 Å². The maximum absolute atomic E-state index is 12.1. The van der Waals surface area contributed by atoms with Gasteiger partial charge in [0.1, 0.15) is 5.78 Å². The average molecular weight is 354 g/mol. The molecule has 0 aromatic rings. The van der Waals surface area contributed by atoms with Gasteiger partial charge in [-0.1, -0.05) is 57.6 Å². The van der Waals surface area contributed by atoms with Crippen molar-refractivity contribution in [3.8, 4) is 0 Å². The lowest BCUT2D eigenvalue weighted by Crippen LogP contribution is -2.19. The molecule has 3 N–H and O–H groups in total. The summed E-state index contributed by atoms with van der Waals surface area (Å²) in [6, 6.07) is 0. The van der Waals surface area contributed by atoms with Crippen LogP contribution in [0.2, 0.25) is 0 Å². The lowest BCUT2D eigenvalue weighted by Gasteiger charge is -2.18. The molecule has 0 saturated heterocycles. The van der Waals surface area contributed by atoms with Gasteiger partial charge in [0.05, 0.1) is 12.2 Å². The van der Waals surface area contributed by atoms with Crippen molar-refractivity contribution in [3.63, 3.8) is 0 Å². The molecule has 1 aliphatic rings. The molecule has 1 fully saturated rings. The Balaban J connectivity index is 2.39. The molecule has 0 aliphatic heterocycles. The van der Waals surface area contributed by atoms with Crippen molar-refractivity contribution in [1.29, 1.82) is 0 Å². The number of aliphatic carboxylic acids is 1. The van der Waals surface area contributed by atoms with Crippen LogP contribution in [-0.4, -0.2) is 39.3 Å². The number of hydrogen-bond donors (Lipinski definition) is 3. The molecular weight excluding hydrogens is 320 g/mol. The van der Waals surface area contributed by atoms with Crippen molar-refractivity contribution in [2.75, 3.05) is 0 Å². The first-order valence-corrected chi connectivity index (χ1v) is 9.74. The molecular formula is C20H34O5. The second kappa shape index (κ2) is 12.2. The molecule has 4 atom stereocenters. The Kier molecular flexibility index (Phi) is 10.7. The Bertz CT molecular complexity index is 432. The van der Waals surface area contributed by atoms with Gasteiger partial charge in [0.15, 0.2) is 0 Å². The molecule has 0 amide bonds. The highest BCUT2D eigenvalue weighted by Gasteiger charge is 2.39. The minimum absolute atomic E-state index is 0.105. The third kappa shape index (κ3) is 8.63. The number of aliphatic hydroxyl groups is 2. The SMILES string of the molecule is CCCCCC(O)C=C[C@H]1C(O)CC(=O)[C@H]1CCCCCCC(=O)O. The van der Waals surface area contributed by atoms with E-state index in [-0.39, 0.29) is 30.5 Å². The lowest BCUT2D eigenvalue weighted by atomic mass is 9.88. The molecule has 5 heteroatoms. The van der Waals surface area contributed by atoms with Gasteiger partial charge in [0, 0.05) is 24.7 Å². The number of Topliss-reactive ketones (excluding diaryl/α,β-unsaturated/α-hetero) is 1. The largest absolute Gasteiger partial charge is 0.481 e. The summed E-state index contributed by atoms with van der Waals surface area (Å²) in [7, 11) is 0. The summed E-state index contributed by atoms with van der Waals surface area (Å²) in [6.45, 7) is 2.12. The molecule has 0 heterocycles. The van der Waals surface area contributed by atoms with E-state index in [1.807, 2.05) is 6.08 Å². The van der Waals surface area contributed by atoms with Crippen molar-refractivity contribution < 1.29 is 24.9 Å². The second-order valence-electron chi connectivity index (χ2n) is 7.22. The Labute approximate surface area is 151 Å². The molecule has 0 radical (unpaired) electrons. The molecule has 0 aromatic carbocycles. The predicted octanol–water partition coefficient (Wildman–Crippen LogP) is 3.48. The number of aliphatic hydroxyl groups excluding tert-OH is 2. The Morgan fingerprint density at radius 1 is 1.20 bits per heavy atom. The summed E-state index contributed by atoms with van der Waals surface area (Å²) in [4.78, 5) is 22.6. The first-order chi connectivity index (χ1) is 12.0. The first kappa shape index (κ1) is 21.8. The fraction of sp³-hybridized carbons (Fsp3) is 0.800. The lowest BCUT2D eigenvalue weighted by molar-refractivity contribution is -0.137. The molecule has 0 bridgehead atoms. The van der Waals surface area contributed by atoms with Crippen molar-refractivity contribution in [3.05, 3.63) is 12.2 Å². The number of ketones is 1. The number of rotatable bonds is 13. The molecule has 2 unspecified atom stereocenters. The van der Waals surface area contributed by atoms with E-state index in [0.29, 0.717) is 6.42 Å². The van der Waals surface area contributed by atoms with Gasteiger partial charge in [0.2, 0.25) is 0 Å². The third-order valence-corrected chi connectivity index (χ3v) is 5.05. The van der Waals surface area contributed by atoms with Crippen LogP contribution < -0.4 is 0 Å². The van der Waals surface area contributed by atoms with Crippen molar-refractivity contribution >= 4 is 11.8 Å². The Morgan fingerprint density at radius 3 is 2.60 bits per heavy atom. The fourth-order valence-electron chi connectivity index (χ4n) is 3.54. The zero-order valence-electron chi connectivity index (χ0n) is 15.4. The van der Waals surface area contributed by atoms with E-state index in [1.54, 1.807) is 6.08 Å². The van der Waals surface area contributed by atoms with E-state index in [9.17, 15) is 19.8 Å². The highest BCUT2D eigenvalue weighted by molar-refractivity contribution is 5.84. The van der Waals surface area contributed by atoms with E-state index in [1.165, 1.54) is 0 Å². The van der Waals surface area contributed by atoms with Gasteiger partial charge >= 0.3 is 5.97 Å². The maximum atomic E-state index is 12.1. The molecule has 0 spiro atoms. The van der Waals surface area contributed by atoms with Gasteiger partial charge in [-0.2, -0.15) is 0 Å². The molecule has 1 aliphatic carbocycles. The standard InChI is InChI=1S/C20H34O5/c1-2-3-6-9-15(21)12-13-17-16(18(22)14-19(17)23)10-7-4-5-8-11-20(24)25/h12-13,15-17,19,21,23H,2-11,14H2,1H3,(H,24,25)/t15?,16-,17+,19?/m0/s1. The van der Waals surface area contributed by atoms with Crippen LogP contribution in [0.5, 0.6) is 0 Å². The number of hydrogen-bond acceptors (Lipinski definition) is 4. The van der Waals surface area contributed by atoms with E-state index in [4.69, 9.17) is 5.11 Å². The normalized spacial score (nSPS) is 24.9. The smallest absolute Gasteiger partial charge is 0.303 e. The minimum Gasteiger partial charge on any atom is -0.481 e. The first-order valence-electron chi connectivity index (χ1n) is 9.74. The van der Waals surface area contributed by atoms with Crippen LogP contribution in [0.1, 0.15) is 77.6 Å². The number of carbonyl (C=O) groups excluding carboxylic acids is 1. The monoisotopic (exact) mass is 354 g/mol. The van der Waals surface area contributed by atoms with Crippen LogP contribution in [0.4, 0.5) is 0 Å². The summed E-state index contributed by atoms with van der Waals surface area (Å²) in [5.41, 5.74) is 0. The number of carboxylic acid groups (broad SMARTS) is 1. The summed E-state index contributed by atoms with van der Waals surface area (Å²) < 4.78 is 0. The van der Waals surface area contributed by atoms with Crippen LogP contribution in [0.25, 0.3) is 0 Å². The zero-order valence-corrected chi connectivity index (χ0v) is 15.4. The summed E-state index contributed by atoms with van der Waals surface area (Å²) in [6.07, 6.45) is 10.7. The van der Waals surface area contributed by atoms with E-state index in [0.717, 1.165) is 51.4 Å². The zero-order chi connectivity index (χ0) is 18.7. The topological polar surface area (TPSA) is 94.8 Å². The van der Waals surface area contributed by atoms with E-state index < -0.39 is 18.2 Å². The highest BCUT2D eigenvalue weighted by Crippen LogP contribution is 2.34. The molecule has 1 saturated carbocycles. The highest BCUT2D eigenvalue weighted by atomic mass is 16.4. The number of unbranched alkanes of at least 4 members (excludes halogenated alkanes) is 5. The van der Waals surface area contributed by atoms with Crippen molar-refractivity contribution in [2.45, 2.75) is 89.8 Å². The van der Waals surface area contributed by atoms with Gasteiger partial charge in [-0.3, -0.25) is 9.59 Å². The van der Waals surface area contributed by atoms with E-state index in [2.05, 4.69) is 6.92 Å². The quantitative estimate of drug-likeness (QED) is 0.348. The van der Waals surface area contributed by atoms with Gasteiger partial charge < -0.3 is 15.3 Å². The Hall–Kier alpha value is -1.20. The Morgan fingerprint density at radius 2 is 1.92 bits per heavy atom. The van der Waals surface area contributed by atoms with Gasteiger partial charge in [-0.05, 0) is 19.3 Å². The molecule has 25 heavy (non-hydrogen) atoms. The molecule has 1 rings (SSSR count). The molecule has 144 valence electrons. The second-order valence-corrected chi connectivity index (χ2v) is 7.22. The van der Waals surface area contributed by atoms with Crippen LogP contribution in [0, 0.1) is 11.8 Å². The van der Waals surface area contributed by atoms with Crippen LogP contribution >= 0.6 is 0 Å². The number of carbonyl (C=O) groups is 2. The molecule has 0 aromatic heterocycles. The maximum Gasteiger partial charge on any atom is 0.303 e. The third-order valence-electron chi connectivity index (χ3n) is 5.05. The van der Waals surface area contributed by atoms with Crippen LogP contribution in [0.3, 0.4) is 0 Å². The van der Waals surface area contributed by atoms with Crippen molar-refractivity contribution in [1.82, 2.24) is 0 Å². The van der Waals surface area contributed by atoms with Crippen LogP contribution in [-0.2, 0) is 9.59 Å². The van der Waals surface area contributed by atoms with Crippen molar-refractivity contribution in [2.24, 2.45) is 11.8 Å². The summed E-state index contributed by atoms with van der Waals surface area (Å²) in [5, 5.41) is 28.7. The van der Waals surface area contributed by atoms with Gasteiger partial charge in [-0.15, -0.1) is 0 Å². The average Bonchev–Trinajstić information content (AvgIpc) is 2.82. The van der Waals surface area contributed by atoms with Crippen LogP contribution in [0.15, 0.2) is 12.2 Å². The summed E-state index contributed by atoms with van der Waals surface area (Å²) in [5.74, 6) is -1.04. The fourth-order valence-corrected chi connectivity index (χ4v) is 3.54. The van der Waals surface area contributed by atoms with E-state index >= 15 is 0 Å². The van der Waals surface area contributed by atoms with Gasteiger partial charge in [-0.25, -0.2) is 0 Å².